The molecule has 2 heterocycles. The van der Waals surface area contributed by atoms with E-state index in [4.69, 9.17) is 0 Å². The van der Waals surface area contributed by atoms with E-state index in [-0.39, 0.29) is 6.03 Å². The molecule has 2 N–H and O–H groups in total. The maximum absolute atomic E-state index is 12.3. The molecular weight excluding hydrogens is 356 g/mol. The van der Waals surface area contributed by atoms with Crippen molar-refractivity contribution < 1.29 is 4.79 Å². The summed E-state index contributed by atoms with van der Waals surface area (Å²) in [6.45, 7) is 0.628. The Labute approximate surface area is 161 Å². The highest BCUT2D eigenvalue weighted by molar-refractivity contribution is 7.15. The lowest BCUT2D eigenvalue weighted by atomic mass is 10.1. The van der Waals surface area contributed by atoms with Crippen molar-refractivity contribution in [1.29, 1.82) is 0 Å². The van der Waals surface area contributed by atoms with E-state index < -0.39 is 0 Å². The van der Waals surface area contributed by atoms with Crippen molar-refractivity contribution in [2.24, 2.45) is 0 Å². The molecule has 5 nitrogen and oxygen atoms in total. The van der Waals surface area contributed by atoms with Gasteiger partial charge in [-0.1, -0.05) is 48.5 Å². The monoisotopic (exact) mass is 376 g/mol. The first-order valence-electron chi connectivity index (χ1n) is 8.90. The summed E-state index contributed by atoms with van der Waals surface area (Å²) in [6, 6.07) is 17.8. The molecule has 4 aromatic rings. The predicted octanol–water partition coefficient (Wildman–Crippen LogP) is 4.82. The topological polar surface area (TPSA) is 58.4 Å². The van der Waals surface area contributed by atoms with Crippen molar-refractivity contribution in [3.8, 4) is 11.3 Å². The molecule has 0 aliphatic heterocycles. The van der Waals surface area contributed by atoms with Gasteiger partial charge in [0.05, 0.1) is 11.4 Å². The lowest BCUT2D eigenvalue weighted by Gasteiger charge is -2.11. The molecule has 2 aromatic heterocycles. The molecule has 2 amide bonds. The maximum Gasteiger partial charge on any atom is 0.319 e. The number of carbonyl (C=O) groups is 1. The van der Waals surface area contributed by atoms with E-state index in [0.29, 0.717) is 6.54 Å². The van der Waals surface area contributed by atoms with Crippen LogP contribution in [0.1, 0.15) is 12.0 Å². The molecule has 0 aliphatic rings. The van der Waals surface area contributed by atoms with Gasteiger partial charge < -0.3 is 10.6 Å². The number of thiazole rings is 1. The van der Waals surface area contributed by atoms with Crippen molar-refractivity contribution in [3.63, 3.8) is 0 Å². The molecule has 0 radical (unpaired) electrons. The minimum Gasteiger partial charge on any atom is -0.338 e. The van der Waals surface area contributed by atoms with E-state index in [1.165, 1.54) is 5.56 Å². The second-order valence-electron chi connectivity index (χ2n) is 6.23. The minimum absolute atomic E-state index is 0.198. The van der Waals surface area contributed by atoms with Gasteiger partial charge in [0.2, 0.25) is 0 Å². The number of hydrogen-bond donors (Lipinski definition) is 2. The molecule has 0 saturated carbocycles. The minimum atomic E-state index is -0.198. The van der Waals surface area contributed by atoms with Crippen LogP contribution in [0.3, 0.4) is 0 Å². The van der Waals surface area contributed by atoms with Crippen molar-refractivity contribution in [2.75, 3.05) is 11.9 Å². The second kappa shape index (κ2) is 8.05. The largest absolute Gasteiger partial charge is 0.338 e. The normalized spacial score (nSPS) is 10.8. The van der Waals surface area contributed by atoms with Crippen LogP contribution >= 0.6 is 11.3 Å². The number of nitrogens with zero attached hydrogens (tertiary/aromatic N) is 2. The van der Waals surface area contributed by atoms with E-state index in [1.807, 2.05) is 64.6 Å². The van der Waals surface area contributed by atoms with E-state index in [1.54, 1.807) is 11.3 Å². The van der Waals surface area contributed by atoms with Gasteiger partial charge in [-0.25, -0.2) is 9.78 Å². The highest BCUT2D eigenvalue weighted by Gasteiger charge is 2.11. The van der Waals surface area contributed by atoms with Crippen LogP contribution in [0.2, 0.25) is 0 Å². The van der Waals surface area contributed by atoms with Gasteiger partial charge >= 0.3 is 6.03 Å². The highest BCUT2D eigenvalue weighted by atomic mass is 32.1. The summed E-state index contributed by atoms with van der Waals surface area (Å²) in [5.74, 6) is 0. The summed E-state index contributed by atoms with van der Waals surface area (Å²) in [6.07, 6.45) is 5.80. The van der Waals surface area contributed by atoms with Crippen LogP contribution in [0.5, 0.6) is 0 Å². The first kappa shape index (κ1) is 17.3. The van der Waals surface area contributed by atoms with Gasteiger partial charge in [-0.2, -0.15) is 0 Å². The van der Waals surface area contributed by atoms with Gasteiger partial charge in [-0.15, -0.1) is 11.3 Å². The molecule has 0 atom stereocenters. The van der Waals surface area contributed by atoms with E-state index >= 15 is 0 Å². The Hall–Kier alpha value is -3.12. The number of carbonyl (C=O) groups excluding carboxylic acids is 1. The summed E-state index contributed by atoms with van der Waals surface area (Å²) in [4.78, 5) is 17.8. The fourth-order valence-corrected chi connectivity index (χ4v) is 3.68. The number of anilines is 1. The molecule has 0 aliphatic carbocycles. The third kappa shape index (κ3) is 4.17. The number of aromatic nitrogens is 2. The summed E-state index contributed by atoms with van der Waals surface area (Å²) in [7, 11) is 0. The van der Waals surface area contributed by atoms with Crippen LogP contribution in [-0.2, 0) is 6.42 Å². The third-order valence-electron chi connectivity index (χ3n) is 4.32. The summed E-state index contributed by atoms with van der Waals surface area (Å²) >= 11 is 1.59. The SMILES string of the molecule is O=C(NCCCc1ccccc1)Nc1ccccc1-c1cn2ccsc2n1. The van der Waals surface area contributed by atoms with E-state index in [0.717, 1.165) is 34.7 Å². The van der Waals surface area contributed by atoms with Gasteiger partial charge in [-0.3, -0.25) is 4.40 Å². The Morgan fingerprint density at radius 2 is 1.89 bits per heavy atom. The number of urea groups is 1. The fraction of sp³-hybridized carbons (Fsp3) is 0.143. The first-order chi connectivity index (χ1) is 13.3. The summed E-state index contributed by atoms with van der Waals surface area (Å²) < 4.78 is 1.99. The zero-order chi connectivity index (χ0) is 18.5. The van der Waals surface area contributed by atoms with Crippen LogP contribution in [0.4, 0.5) is 10.5 Å². The van der Waals surface area contributed by atoms with E-state index in [2.05, 4.69) is 27.8 Å². The molecule has 0 bridgehead atoms. The molecule has 27 heavy (non-hydrogen) atoms. The predicted molar refractivity (Wildman–Crippen MR) is 110 cm³/mol. The quantitative estimate of drug-likeness (QED) is 0.474. The number of amides is 2. The average molecular weight is 376 g/mol. The Bertz CT molecular complexity index is 1010. The number of rotatable bonds is 6. The maximum atomic E-state index is 12.3. The molecule has 136 valence electrons. The van der Waals surface area contributed by atoms with Crippen molar-refractivity contribution >= 4 is 28.0 Å². The molecule has 0 unspecified atom stereocenters. The zero-order valence-electron chi connectivity index (χ0n) is 14.8. The average Bonchev–Trinajstić information content (AvgIpc) is 3.29. The molecule has 6 heteroatoms. The molecule has 0 saturated heterocycles. The Kier molecular flexibility index (Phi) is 5.16. The van der Waals surface area contributed by atoms with Gasteiger partial charge in [0, 0.05) is 29.9 Å². The van der Waals surface area contributed by atoms with Crippen LogP contribution in [0.25, 0.3) is 16.2 Å². The third-order valence-corrected chi connectivity index (χ3v) is 5.09. The summed E-state index contributed by atoms with van der Waals surface area (Å²) in [5.41, 5.74) is 3.79. The molecule has 2 aromatic carbocycles. The lowest BCUT2D eigenvalue weighted by molar-refractivity contribution is 0.252. The number of imidazole rings is 1. The highest BCUT2D eigenvalue weighted by Crippen LogP contribution is 2.28. The molecule has 0 fully saturated rings. The second-order valence-corrected chi connectivity index (χ2v) is 7.11. The van der Waals surface area contributed by atoms with Gasteiger partial charge in [0.15, 0.2) is 4.96 Å². The number of hydrogen-bond acceptors (Lipinski definition) is 3. The van der Waals surface area contributed by atoms with Gasteiger partial charge in [-0.05, 0) is 24.5 Å². The number of para-hydroxylation sites is 1. The van der Waals surface area contributed by atoms with Crippen LogP contribution < -0.4 is 10.6 Å². The molecular formula is C21H20N4OS. The van der Waals surface area contributed by atoms with Gasteiger partial charge in [0.1, 0.15) is 0 Å². The Morgan fingerprint density at radius 3 is 2.74 bits per heavy atom. The molecule has 0 spiro atoms. The first-order valence-corrected chi connectivity index (χ1v) is 9.78. The van der Waals surface area contributed by atoms with Crippen molar-refractivity contribution in [1.82, 2.24) is 14.7 Å². The number of fused-ring (bicyclic) bond motifs is 1. The van der Waals surface area contributed by atoms with Crippen molar-refractivity contribution in [3.05, 3.63) is 77.9 Å². The van der Waals surface area contributed by atoms with Gasteiger partial charge in [0.25, 0.3) is 0 Å². The number of aryl methyl sites for hydroxylation is 1. The van der Waals surface area contributed by atoms with Crippen molar-refractivity contribution in [2.45, 2.75) is 12.8 Å². The Morgan fingerprint density at radius 1 is 1.07 bits per heavy atom. The Balaban J connectivity index is 1.36. The summed E-state index contributed by atoms with van der Waals surface area (Å²) in [5, 5.41) is 7.88. The van der Waals surface area contributed by atoms with Crippen LogP contribution in [0, 0.1) is 0 Å². The zero-order valence-corrected chi connectivity index (χ0v) is 15.6. The number of nitrogens with one attached hydrogen (secondary N) is 2. The van der Waals surface area contributed by atoms with Crippen LogP contribution in [0.15, 0.2) is 72.4 Å². The fourth-order valence-electron chi connectivity index (χ4n) is 2.98. The van der Waals surface area contributed by atoms with Crippen LogP contribution in [-0.4, -0.2) is 22.0 Å². The molecule has 4 rings (SSSR count). The standard InChI is InChI=1S/C21H20N4OS/c26-20(22-12-6-9-16-7-2-1-3-8-16)23-18-11-5-4-10-17(18)19-15-25-13-14-27-21(25)24-19/h1-5,7-8,10-11,13-15H,6,9,12H2,(H2,22,23,26). The number of benzene rings is 2. The smallest absolute Gasteiger partial charge is 0.319 e. The lowest BCUT2D eigenvalue weighted by Crippen LogP contribution is -2.29. The van der Waals surface area contributed by atoms with E-state index in [9.17, 15) is 4.79 Å².